The molecule has 1 aliphatic heterocycles. The predicted octanol–water partition coefficient (Wildman–Crippen LogP) is 4.73. The smallest absolute Gasteiger partial charge is 0.186 e. The molecule has 0 radical (unpaired) electrons. The largest absolute Gasteiger partial charge is 0.465 e. The van der Waals surface area contributed by atoms with Crippen LogP contribution in [0.5, 0.6) is 0 Å². The fourth-order valence-corrected chi connectivity index (χ4v) is 3.29. The van der Waals surface area contributed by atoms with E-state index in [-0.39, 0.29) is 6.04 Å². The Balaban J connectivity index is 1.93. The van der Waals surface area contributed by atoms with Gasteiger partial charge in [-0.15, -0.1) is 0 Å². The Morgan fingerprint density at radius 1 is 0.652 bits per heavy atom. The maximum Gasteiger partial charge on any atom is 0.186 e. The average Bonchev–Trinajstić information content (AvgIpc) is 3.10. The molecule has 112 valence electrons. The van der Waals surface area contributed by atoms with Crippen molar-refractivity contribution in [3.05, 3.63) is 108 Å². The van der Waals surface area contributed by atoms with E-state index < -0.39 is 5.60 Å². The molecule has 1 aliphatic rings. The van der Waals surface area contributed by atoms with Crippen molar-refractivity contribution in [3.8, 4) is 0 Å². The topological polar surface area (TPSA) is 21.6 Å². The van der Waals surface area contributed by atoms with E-state index in [0.717, 1.165) is 16.7 Å². The van der Waals surface area contributed by atoms with Crippen molar-refractivity contribution in [2.75, 3.05) is 0 Å². The average molecular weight is 299 g/mol. The van der Waals surface area contributed by atoms with Crippen molar-refractivity contribution in [2.45, 2.75) is 11.6 Å². The number of hydrogen-bond donors (Lipinski definition) is 0. The van der Waals surface area contributed by atoms with E-state index in [9.17, 15) is 0 Å². The summed E-state index contributed by atoms with van der Waals surface area (Å²) in [5.41, 5.74) is 2.74. The van der Waals surface area contributed by atoms with Gasteiger partial charge in [0.25, 0.3) is 0 Å². The first-order chi connectivity index (χ1) is 11.4. The molecule has 0 aromatic heterocycles. The second-order valence-electron chi connectivity index (χ2n) is 5.65. The summed E-state index contributed by atoms with van der Waals surface area (Å²) in [4.78, 5) is 4.67. The van der Waals surface area contributed by atoms with Gasteiger partial charge >= 0.3 is 0 Å². The van der Waals surface area contributed by atoms with Crippen molar-refractivity contribution in [3.63, 3.8) is 0 Å². The minimum absolute atomic E-state index is 0.103. The van der Waals surface area contributed by atoms with Crippen LogP contribution >= 0.6 is 0 Å². The third kappa shape index (κ3) is 2.23. The summed E-state index contributed by atoms with van der Waals surface area (Å²) >= 11 is 0. The lowest BCUT2D eigenvalue weighted by atomic mass is 9.78. The van der Waals surface area contributed by atoms with Crippen molar-refractivity contribution < 1.29 is 4.74 Å². The first-order valence-electron chi connectivity index (χ1n) is 7.77. The van der Waals surface area contributed by atoms with E-state index in [1.807, 2.05) is 54.6 Å². The van der Waals surface area contributed by atoms with Gasteiger partial charge in [0.15, 0.2) is 12.0 Å². The molecule has 0 saturated heterocycles. The third-order valence-corrected chi connectivity index (χ3v) is 4.35. The van der Waals surface area contributed by atoms with Crippen LogP contribution < -0.4 is 0 Å². The fourth-order valence-electron chi connectivity index (χ4n) is 3.29. The second-order valence-corrected chi connectivity index (χ2v) is 5.65. The van der Waals surface area contributed by atoms with Crippen LogP contribution in [0.15, 0.2) is 96.0 Å². The van der Waals surface area contributed by atoms with E-state index >= 15 is 0 Å². The molecule has 0 saturated carbocycles. The van der Waals surface area contributed by atoms with Gasteiger partial charge in [0, 0.05) is 11.1 Å². The van der Waals surface area contributed by atoms with Crippen LogP contribution in [0, 0.1) is 0 Å². The van der Waals surface area contributed by atoms with Gasteiger partial charge in [-0.05, 0) is 5.56 Å². The standard InChI is InChI=1S/C21H17NO/c1-4-10-17(11-5-1)20-21(23-16-22-20,18-12-6-2-7-13-18)19-14-8-3-9-15-19/h1-16,20H/t20-/m1/s1. The lowest BCUT2D eigenvalue weighted by molar-refractivity contribution is 0.104. The fraction of sp³-hybridized carbons (Fsp3) is 0.0952. The molecule has 0 N–H and O–H groups in total. The van der Waals surface area contributed by atoms with Gasteiger partial charge in [0.05, 0.1) is 0 Å². The minimum atomic E-state index is -0.621. The van der Waals surface area contributed by atoms with Crippen LogP contribution in [0.3, 0.4) is 0 Å². The quantitative estimate of drug-likeness (QED) is 0.685. The summed E-state index contributed by atoms with van der Waals surface area (Å²) in [6.07, 6.45) is 1.59. The zero-order chi connectivity index (χ0) is 15.5. The van der Waals surface area contributed by atoms with Crippen LogP contribution in [0.2, 0.25) is 0 Å². The Kier molecular flexibility index (Phi) is 3.43. The summed E-state index contributed by atoms with van der Waals surface area (Å²) in [7, 11) is 0. The molecule has 3 aromatic carbocycles. The molecule has 3 aromatic rings. The Bertz CT molecular complexity index is 758. The van der Waals surface area contributed by atoms with Crippen LogP contribution in [0.4, 0.5) is 0 Å². The SMILES string of the molecule is C1=N[C@H](c2ccccc2)C(c2ccccc2)(c2ccccc2)O1. The van der Waals surface area contributed by atoms with Crippen molar-refractivity contribution >= 4 is 6.40 Å². The van der Waals surface area contributed by atoms with Gasteiger partial charge in [-0.1, -0.05) is 91.0 Å². The highest BCUT2D eigenvalue weighted by molar-refractivity contribution is 5.58. The van der Waals surface area contributed by atoms with E-state index in [1.54, 1.807) is 6.40 Å². The number of benzene rings is 3. The second kappa shape index (κ2) is 5.73. The number of hydrogen-bond acceptors (Lipinski definition) is 2. The van der Waals surface area contributed by atoms with Gasteiger partial charge < -0.3 is 4.74 Å². The van der Waals surface area contributed by atoms with Crippen LogP contribution in [-0.4, -0.2) is 6.40 Å². The summed E-state index contributed by atoms with van der Waals surface area (Å²) in [5.74, 6) is 0. The first-order valence-corrected chi connectivity index (χ1v) is 7.77. The van der Waals surface area contributed by atoms with E-state index in [1.165, 1.54) is 0 Å². The molecular formula is C21H17NO. The highest BCUT2D eigenvalue weighted by atomic mass is 16.5. The summed E-state index contributed by atoms with van der Waals surface area (Å²) in [6, 6.07) is 30.9. The Morgan fingerprint density at radius 3 is 1.65 bits per heavy atom. The van der Waals surface area contributed by atoms with Gasteiger partial charge in [-0.2, -0.15) is 0 Å². The molecule has 0 bridgehead atoms. The molecule has 1 heterocycles. The van der Waals surface area contributed by atoms with E-state index in [0.29, 0.717) is 0 Å². The molecule has 0 spiro atoms. The van der Waals surface area contributed by atoms with E-state index in [2.05, 4.69) is 41.4 Å². The molecule has 0 fully saturated rings. The first kappa shape index (κ1) is 13.8. The molecule has 0 aliphatic carbocycles. The Labute approximate surface area is 136 Å². The van der Waals surface area contributed by atoms with E-state index in [4.69, 9.17) is 4.74 Å². The van der Waals surface area contributed by atoms with Gasteiger partial charge in [-0.25, -0.2) is 4.99 Å². The zero-order valence-electron chi connectivity index (χ0n) is 12.7. The number of aliphatic imine (C=N–C) groups is 1. The normalized spacial score (nSPS) is 18.5. The van der Waals surface area contributed by atoms with Gasteiger partial charge in [-0.3, -0.25) is 0 Å². The highest BCUT2D eigenvalue weighted by Gasteiger charge is 2.47. The summed E-state index contributed by atoms with van der Waals surface area (Å²) in [5, 5.41) is 0. The third-order valence-electron chi connectivity index (χ3n) is 4.35. The highest BCUT2D eigenvalue weighted by Crippen LogP contribution is 2.48. The molecule has 4 rings (SSSR count). The van der Waals surface area contributed by atoms with Gasteiger partial charge in [0.2, 0.25) is 0 Å². The maximum absolute atomic E-state index is 6.19. The van der Waals surface area contributed by atoms with Crippen molar-refractivity contribution in [2.24, 2.45) is 4.99 Å². The van der Waals surface area contributed by atoms with Crippen LogP contribution in [0.1, 0.15) is 22.7 Å². The predicted molar refractivity (Wildman–Crippen MR) is 92.4 cm³/mol. The van der Waals surface area contributed by atoms with Crippen molar-refractivity contribution in [1.29, 1.82) is 0 Å². The Hall–Kier alpha value is -2.87. The summed E-state index contributed by atoms with van der Waals surface area (Å²) in [6.45, 7) is 0. The lowest BCUT2D eigenvalue weighted by Gasteiger charge is -2.34. The summed E-state index contributed by atoms with van der Waals surface area (Å²) < 4.78 is 6.19. The molecule has 1 atom stereocenters. The maximum atomic E-state index is 6.19. The molecule has 0 amide bonds. The van der Waals surface area contributed by atoms with Gasteiger partial charge in [0.1, 0.15) is 6.04 Å². The lowest BCUT2D eigenvalue weighted by Crippen LogP contribution is -2.33. The molecule has 23 heavy (non-hydrogen) atoms. The molecule has 2 nitrogen and oxygen atoms in total. The molecular weight excluding hydrogens is 282 g/mol. The zero-order valence-corrected chi connectivity index (χ0v) is 12.7. The van der Waals surface area contributed by atoms with Crippen molar-refractivity contribution in [1.82, 2.24) is 0 Å². The number of rotatable bonds is 3. The minimum Gasteiger partial charge on any atom is -0.465 e. The number of nitrogens with zero attached hydrogens (tertiary/aromatic N) is 1. The molecule has 0 unspecified atom stereocenters. The molecule has 2 heteroatoms. The van der Waals surface area contributed by atoms with Crippen LogP contribution in [-0.2, 0) is 10.3 Å². The number of ether oxygens (including phenoxy) is 1. The monoisotopic (exact) mass is 299 g/mol. The van der Waals surface area contributed by atoms with Crippen LogP contribution in [0.25, 0.3) is 0 Å². The Morgan fingerprint density at radius 2 is 1.13 bits per heavy atom.